The van der Waals surface area contributed by atoms with Crippen LogP contribution in [0.5, 0.6) is 0 Å². The van der Waals surface area contributed by atoms with Crippen LogP contribution in [0.1, 0.15) is 245 Å². The van der Waals surface area contributed by atoms with Gasteiger partial charge in [-0.15, -0.1) is 0 Å². The number of nitrogens with one attached hydrogen (secondary N) is 2. The fourth-order valence-corrected chi connectivity index (χ4v) is 11.3. The van der Waals surface area contributed by atoms with E-state index in [0.29, 0.717) is 33.5 Å². The predicted molar refractivity (Wildman–Crippen MR) is 360 cm³/mol. The molecule has 0 radical (unpaired) electrons. The zero-order valence-electron chi connectivity index (χ0n) is 55.2. The summed E-state index contributed by atoms with van der Waals surface area (Å²) in [6.07, 6.45) is 8.51. The molecular weight excluding hydrogens is 1020 g/mol. The highest BCUT2D eigenvalue weighted by atomic mass is 14.8. The number of hydrogen-bond acceptors (Lipinski definition) is 4. The van der Waals surface area contributed by atoms with Crippen molar-refractivity contribution >= 4 is 46.4 Å². The van der Waals surface area contributed by atoms with Crippen LogP contribution in [-0.4, -0.2) is 19.9 Å². The lowest BCUT2D eigenvalue weighted by atomic mass is 9.78. The number of nitrogens with zero attached hydrogens (tertiary/aromatic N) is 4. The molecular formula is C78H92N6. The number of benzene rings is 4. The summed E-state index contributed by atoms with van der Waals surface area (Å²) in [6.45, 7) is 54.4. The Morgan fingerprint density at radius 3 is 0.655 bits per heavy atom. The minimum absolute atomic E-state index is 0.186. The second-order valence-corrected chi connectivity index (χ2v) is 32.3. The van der Waals surface area contributed by atoms with Crippen LogP contribution in [0.15, 0.2) is 84.9 Å². The van der Waals surface area contributed by atoms with Gasteiger partial charge >= 0.3 is 0 Å². The largest absolute Gasteiger partial charge is 0.353 e. The standard InChI is InChI=1S/C78H92N6/c1-71(2,3)51-29-45(30-52(39-51)72(4,5)6)65-59-25-26-60(81-59)66(46-31-53(73(7,8)9)40-54(32-46)74(10,11)12)64-38-50(44-80)70(84-64)68(48-35-57(77(19,20)21)42-58(36-48)78(22,23)24)62-28-27-61(82-62)67(69-49(43-79)37-63(65)83-69)47-33-55(75(13,14)15)41-56(34-47)76(16,17)18/h25-42,83-84H,1-24H3. The Kier molecular flexibility index (Phi) is 15.0. The fraction of sp³-hybridized carbons (Fsp3) is 0.410. The second kappa shape index (κ2) is 20.6. The van der Waals surface area contributed by atoms with Crippen LogP contribution >= 0.6 is 0 Å². The molecule has 0 saturated carbocycles. The zero-order chi connectivity index (χ0) is 62.0. The molecule has 6 nitrogen and oxygen atoms in total. The Hall–Kier alpha value is -7.54. The summed E-state index contributed by atoms with van der Waals surface area (Å²) in [4.78, 5) is 19.6. The number of rotatable bonds is 4. The highest BCUT2D eigenvalue weighted by molar-refractivity contribution is 6.02. The lowest BCUT2D eigenvalue weighted by Gasteiger charge is -2.26. The van der Waals surface area contributed by atoms with Crippen LogP contribution in [0, 0.1) is 22.7 Å². The molecule has 0 aliphatic carbocycles. The van der Waals surface area contributed by atoms with Gasteiger partial charge in [-0.1, -0.05) is 239 Å². The summed E-state index contributed by atoms with van der Waals surface area (Å²) in [5, 5.41) is 23.3. The first-order chi connectivity index (χ1) is 38.5. The van der Waals surface area contributed by atoms with Crippen molar-refractivity contribution in [2.24, 2.45) is 0 Å². The van der Waals surface area contributed by atoms with Crippen LogP contribution in [0.4, 0.5) is 0 Å². The summed E-state index contributed by atoms with van der Waals surface area (Å²) in [5.41, 5.74) is 22.2. The minimum atomic E-state index is -0.204. The third-order valence-corrected chi connectivity index (χ3v) is 17.0. The van der Waals surface area contributed by atoms with E-state index < -0.39 is 0 Å². The van der Waals surface area contributed by atoms with Crippen LogP contribution < -0.4 is 0 Å². The van der Waals surface area contributed by atoms with Crippen molar-refractivity contribution in [3.05, 3.63) is 163 Å². The average Bonchev–Trinajstić information content (AvgIpc) is 1.71. The normalized spacial score (nSPS) is 13.6. The summed E-state index contributed by atoms with van der Waals surface area (Å²) in [6, 6.07) is 37.4. The third-order valence-electron chi connectivity index (χ3n) is 17.0. The molecule has 8 bridgehead atoms. The van der Waals surface area contributed by atoms with E-state index in [1.54, 1.807) is 0 Å². The maximum Gasteiger partial charge on any atom is 0.101 e. The third kappa shape index (κ3) is 12.1. The van der Waals surface area contributed by atoms with Gasteiger partial charge in [0.1, 0.15) is 12.1 Å². The van der Waals surface area contributed by atoms with E-state index in [4.69, 9.17) is 9.97 Å². The molecule has 434 valence electrons. The van der Waals surface area contributed by atoms with Crippen molar-refractivity contribution in [3.8, 4) is 56.6 Å². The molecule has 2 aliphatic heterocycles. The van der Waals surface area contributed by atoms with Crippen molar-refractivity contribution in [2.45, 2.75) is 209 Å². The maximum atomic E-state index is 11.6. The van der Waals surface area contributed by atoms with E-state index in [2.05, 4.69) is 285 Å². The lowest BCUT2D eigenvalue weighted by Crippen LogP contribution is -2.16. The molecule has 0 amide bonds. The van der Waals surface area contributed by atoms with Crippen LogP contribution in [0.25, 0.3) is 90.9 Å². The number of fused-ring (bicyclic) bond motifs is 8. The second-order valence-electron chi connectivity index (χ2n) is 32.3. The highest BCUT2D eigenvalue weighted by Gasteiger charge is 2.30. The summed E-state index contributed by atoms with van der Waals surface area (Å²) in [5.74, 6) is 0. The Morgan fingerprint density at radius 1 is 0.274 bits per heavy atom. The number of H-pyrrole nitrogens is 2. The number of nitriles is 2. The zero-order valence-corrected chi connectivity index (χ0v) is 55.2. The molecule has 2 N–H and O–H groups in total. The van der Waals surface area contributed by atoms with E-state index in [9.17, 15) is 10.5 Å². The van der Waals surface area contributed by atoms with Crippen molar-refractivity contribution < 1.29 is 0 Å². The Balaban J connectivity index is 1.63. The van der Waals surface area contributed by atoms with Crippen molar-refractivity contribution in [3.63, 3.8) is 0 Å². The number of aromatic nitrogens is 4. The molecule has 0 atom stereocenters. The van der Waals surface area contributed by atoms with Gasteiger partial charge < -0.3 is 9.97 Å². The lowest BCUT2D eigenvalue weighted by molar-refractivity contribution is 0.568. The van der Waals surface area contributed by atoms with Gasteiger partial charge in [0.05, 0.1) is 44.9 Å². The first-order valence-corrected chi connectivity index (χ1v) is 30.2. The molecule has 2 aliphatic rings. The Morgan fingerprint density at radius 2 is 0.464 bits per heavy atom. The predicted octanol–water partition coefficient (Wildman–Crippen LogP) is 21.4. The van der Waals surface area contributed by atoms with Crippen LogP contribution in [0.2, 0.25) is 0 Å². The summed E-state index contributed by atoms with van der Waals surface area (Å²) < 4.78 is 0. The Labute approximate surface area is 503 Å². The molecule has 3 aromatic heterocycles. The quantitative estimate of drug-likeness (QED) is 0.183. The first kappa shape index (κ1) is 61.0. The van der Waals surface area contributed by atoms with E-state index >= 15 is 0 Å². The smallest absolute Gasteiger partial charge is 0.101 e. The maximum absolute atomic E-state index is 11.6. The molecule has 7 aromatic rings. The topological polar surface area (TPSA) is 105 Å². The number of hydrogen-bond donors (Lipinski definition) is 2. The molecule has 6 heteroatoms. The molecule has 4 aromatic carbocycles. The van der Waals surface area contributed by atoms with Gasteiger partial charge in [0, 0.05) is 33.3 Å². The van der Waals surface area contributed by atoms with E-state index in [0.717, 1.165) is 66.9 Å². The van der Waals surface area contributed by atoms with Gasteiger partial charge in [0.15, 0.2) is 0 Å². The van der Waals surface area contributed by atoms with Crippen molar-refractivity contribution in [1.29, 1.82) is 10.5 Å². The van der Waals surface area contributed by atoms with Gasteiger partial charge in [-0.25, -0.2) is 9.97 Å². The highest BCUT2D eigenvalue weighted by Crippen LogP contribution is 2.46. The molecule has 0 unspecified atom stereocenters. The van der Waals surface area contributed by atoms with Crippen molar-refractivity contribution in [1.82, 2.24) is 19.9 Å². The van der Waals surface area contributed by atoms with Gasteiger partial charge in [-0.2, -0.15) is 10.5 Å². The van der Waals surface area contributed by atoms with E-state index in [1.165, 1.54) is 44.5 Å². The first-order valence-electron chi connectivity index (χ1n) is 30.2. The molecule has 0 saturated heterocycles. The van der Waals surface area contributed by atoms with Gasteiger partial charge in [-0.3, -0.25) is 0 Å². The van der Waals surface area contributed by atoms with E-state index in [1.807, 2.05) is 12.1 Å². The average molecular weight is 1110 g/mol. The van der Waals surface area contributed by atoms with Crippen molar-refractivity contribution in [2.75, 3.05) is 0 Å². The fourth-order valence-electron chi connectivity index (χ4n) is 11.3. The molecule has 0 spiro atoms. The molecule has 9 rings (SSSR count). The van der Waals surface area contributed by atoms with E-state index in [-0.39, 0.29) is 43.3 Å². The number of aromatic amines is 2. The van der Waals surface area contributed by atoms with Gasteiger partial charge in [0.25, 0.3) is 0 Å². The SMILES string of the molecule is CC(C)(C)c1cc(-c2c3nc(c(-c4cc(C(C)(C)C)cc(C(C)(C)C)c4)c4cc(C#N)c([nH]4)c(-c4cc(C(C)(C)C)cc(C(C)(C)C)c4)c4nc(c(-c5cc(C(C)(C)C)cc(C(C)(C)C)c5)c5[nH]c2cc5C#N)C=C4)C=C3)cc(C(C)(C)C)c1. The van der Waals surface area contributed by atoms with Gasteiger partial charge in [0.2, 0.25) is 0 Å². The summed E-state index contributed by atoms with van der Waals surface area (Å²) >= 11 is 0. The summed E-state index contributed by atoms with van der Waals surface area (Å²) in [7, 11) is 0. The molecule has 0 fully saturated rings. The minimum Gasteiger partial charge on any atom is -0.353 e. The molecule has 84 heavy (non-hydrogen) atoms. The van der Waals surface area contributed by atoms with Crippen LogP contribution in [-0.2, 0) is 43.3 Å². The van der Waals surface area contributed by atoms with Crippen LogP contribution in [0.3, 0.4) is 0 Å². The monoisotopic (exact) mass is 1110 g/mol. The Bertz CT molecular complexity index is 3750. The molecule has 5 heterocycles. The van der Waals surface area contributed by atoms with Gasteiger partial charge in [-0.05, 0) is 147 Å².